The molecule has 0 saturated heterocycles. The largest absolute Gasteiger partial charge is 0.411 e. The molecule has 0 heterocycles. The third-order valence-corrected chi connectivity index (χ3v) is 2.17. The normalized spacial score (nSPS) is 12.3. The summed E-state index contributed by atoms with van der Waals surface area (Å²) in [6.45, 7) is 3.88. The maximum absolute atomic E-state index is 8.71. The van der Waals surface area contributed by atoms with Crippen molar-refractivity contribution in [2.75, 3.05) is 0 Å². The van der Waals surface area contributed by atoms with Crippen molar-refractivity contribution in [3.05, 3.63) is 34.9 Å². The van der Waals surface area contributed by atoms with Crippen LogP contribution in [-0.2, 0) is 0 Å². The van der Waals surface area contributed by atoms with Gasteiger partial charge in [0.1, 0.15) is 5.71 Å². The Hall–Kier alpha value is -1.84. The average Bonchev–Trinajstić information content (AvgIpc) is 2.19. The molecule has 1 aromatic carbocycles. The molecule has 0 bridgehead atoms. The van der Waals surface area contributed by atoms with E-state index in [4.69, 9.17) is 10.4 Å². The van der Waals surface area contributed by atoms with E-state index in [-0.39, 0.29) is 5.71 Å². The molecule has 14 heavy (non-hydrogen) atoms. The second-order valence-electron chi connectivity index (χ2n) is 2.98. The van der Waals surface area contributed by atoms with Gasteiger partial charge in [-0.15, -0.1) is 0 Å². The fourth-order valence-corrected chi connectivity index (χ4v) is 1.23. The molecule has 1 aromatic rings. The third kappa shape index (κ3) is 1.90. The van der Waals surface area contributed by atoms with Gasteiger partial charge in [0.15, 0.2) is 0 Å². The smallest absolute Gasteiger partial charge is 0.131 e. The summed E-state index contributed by atoms with van der Waals surface area (Å²) in [6, 6.07) is 5.62. The standard InChI is InChI=1S/C10H12N2O2/c1-7-4-3-5-9(8(7)2)10(12-14)6-11-13/h3-6,13-14H,1-2H3. The lowest BCUT2D eigenvalue weighted by atomic mass is 10.0. The molecule has 0 atom stereocenters. The topological polar surface area (TPSA) is 65.2 Å². The van der Waals surface area contributed by atoms with Crippen molar-refractivity contribution in [3.63, 3.8) is 0 Å². The monoisotopic (exact) mass is 192 g/mol. The van der Waals surface area contributed by atoms with Gasteiger partial charge in [-0.3, -0.25) is 0 Å². The van der Waals surface area contributed by atoms with Gasteiger partial charge in [-0.2, -0.15) is 0 Å². The molecular formula is C10H12N2O2. The fourth-order valence-electron chi connectivity index (χ4n) is 1.23. The SMILES string of the molecule is Cc1cccc(C(C=NO)=NO)c1C. The number of benzene rings is 1. The summed E-state index contributed by atoms with van der Waals surface area (Å²) in [5.41, 5.74) is 3.09. The second-order valence-corrected chi connectivity index (χ2v) is 2.98. The van der Waals surface area contributed by atoms with Crippen LogP contribution in [-0.4, -0.2) is 22.3 Å². The minimum atomic E-state index is 0.244. The molecule has 0 amide bonds. The summed E-state index contributed by atoms with van der Waals surface area (Å²) >= 11 is 0. The van der Waals surface area contributed by atoms with E-state index in [0.717, 1.165) is 22.9 Å². The molecule has 0 aliphatic carbocycles. The van der Waals surface area contributed by atoms with E-state index in [0.29, 0.717) is 0 Å². The van der Waals surface area contributed by atoms with Gasteiger partial charge in [0, 0.05) is 5.56 Å². The fraction of sp³-hybridized carbons (Fsp3) is 0.200. The predicted molar refractivity (Wildman–Crippen MR) is 54.5 cm³/mol. The van der Waals surface area contributed by atoms with E-state index in [1.807, 2.05) is 26.0 Å². The second kappa shape index (κ2) is 4.41. The van der Waals surface area contributed by atoms with Gasteiger partial charge >= 0.3 is 0 Å². The highest BCUT2D eigenvalue weighted by atomic mass is 16.4. The lowest BCUT2D eigenvalue weighted by Gasteiger charge is -2.05. The lowest BCUT2D eigenvalue weighted by Crippen LogP contribution is -2.05. The van der Waals surface area contributed by atoms with Crippen LogP contribution in [0.1, 0.15) is 16.7 Å². The van der Waals surface area contributed by atoms with E-state index in [9.17, 15) is 0 Å². The zero-order valence-electron chi connectivity index (χ0n) is 8.10. The Morgan fingerprint density at radius 2 is 2.00 bits per heavy atom. The summed E-state index contributed by atoms with van der Waals surface area (Å²) < 4.78 is 0. The van der Waals surface area contributed by atoms with Gasteiger partial charge in [0.25, 0.3) is 0 Å². The minimum Gasteiger partial charge on any atom is -0.411 e. The molecule has 0 fully saturated rings. The molecule has 0 spiro atoms. The van der Waals surface area contributed by atoms with E-state index < -0.39 is 0 Å². The summed E-state index contributed by atoms with van der Waals surface area (Å²) in [5.74, 6) is 0. The van der Waals surface area contributed by atoms with Crippen molar-refractivity contribution < 1.29 is 10.4 Å². The molecule has 4 heteroatoms. The first-order valence-corrected chi connectivity index (χ1v) is 4.16. The molecule has 0 radical (unpaired) electrons. The zero-order valence-corrected chi connectivity index (χ0v) is 8.10. The number of hydrogen-bond acceptors (Lipinski definition) is 4. The molecule has 0 aromatic heterocycles. The molecule has 0 aliphatic heterocycles. The zero-order chi connectivity index (χ0) is 10.6. The van der Waals surface area contributed by atoms with Crippen molar-refractivity contribution in [2.45, 2.75) is 13.8 Å². The number of oxime groups is 2. The number of nitrogens with zero attached hydrogens (tertiary/aromatic N) is 2. The summed E-state index contributed by atoms with van der Waals surface area (Å²) in [5, 5.41) is 23.0. The van der Waals surface area contributed by atoms with Crippen LogP contribution in [0.4, 0.5) is 0 Å². The Balaban J connectivity index is 3.24. The van der Waals surface area contributed by atoms with E-state index in [1.165, 1.54) is 0 Å². The first kappa shape index (κ1) is 10.2. The molecule has 4 nitrogen and oxygen atoms in total. The van der Waals surface area contributed by atoms with Gasteiger partial charge in [0.2, 0.25) is 0 Å². The highest BCUT2D eigenvalue weighted by Crippen LogP contribution is 2.13. The highest BCUT2D eigenvalue weighted by molar-refractivity contribution is 6.38. The number of aryl methyl sites for hydroxylation is 1. The van der Waals surface area contributed by atoms with Crippen LogP contribution < -0.4 is 0 Å². The van der Waals surface area contributed by atoms with E-state index in [1.54, 1.807) is 6.07 Å². The Morgan fingerprint density at radius 3 is 2.57 bits per heavy atom. The Labute approximate surface area is 82.2 Å². The van der Waals surface area contributed by atoms with Crippen LogP contribution in [0.5, 0.6) is 0 Å². The number of hydrogen-bond donors (Lipinski definition) is 2. The van der Waals surface area contributed by atoms with Crippen molar-refractivity contribution in [3.8, 4) is 0 Å². The molecule has 1 rings (SSSR count). The molecule has 0 unspecified atom stereocenters. The molecule has 0 saturated carbocycles. The van der Waals surface area contributed by atoms with E-state index in [2.05, 4.69) is 10.3 Å². The third-order valence-electron chi connectivity index (χ3n) is 2.17. The van der Waals surface area contributed by atoms with Gasteiger partial charge in [0.05, 0.1) is 6.21 Å². The molecule has 74 valence electrons. The van der Waals surface area contributed by atoms with Crippen LogP contribution in [0.15, 0.2) is 28.5 Å². The Bertz CT molecular complexity index is 384. The molecular weight excluding hydrogens is 180 g/mol. The van der Waals surface area contributed by atoms with Gasteiger partial charge < -0.3 is 10.4 Å². The molecule has 2 N–H and O–H groups in total. The van der Waals surface area contributed by atoms with Gasteiger partial charge in [-0.1, -0.05) is 28.5 Å². The van der Waals surface area contributed by atoms with Gasteiger partial charge in [-0.05, 0) is 25.0 Å². The maximum Gasteiger partial charge on any atom is 0.131 e. The first-order chi connectivity index (χ1) is 6.70. The summed E-state index contributed by atoms with van der Waals surface area (Å²) in [4.78, 5) is 0. The predicted octanol–water partition coefficient (Wildman–Crippen LogP) is 1.94. The van der Waals surface area contributed by atoms with Gasteiger partial charge in [-0.25, -0.2) is 0 Å². The minimum absolute atomic E-state index is 0.244. The van der Waals surface area contributed by atoms with Crippen LogP contribution in [0.25, 0.3) is 0 Å². The summed E-state index contributed by atoms with van der Waals surface area (Å²) in [7, 11) is 0. The van der Waals surface area contributed by atoms with Crippen LogP contribution in [0.3, 0.4) is 0 Å². The van der Waals surface area contributed by atoms with Crippen LogP contribution in [0.2, 0.25) is 0 Å². The van der Waals surface area contributed by atoms with Crippen molar-refractivity contribution in [2.24, 2.45) is 10.3 Å². The number of rotatable bonds is 2. The quantitative estimate of drug-likeness (QED) is 0.427. The first-order valence-electron chi connectivity index (χ1n) is 4.16. The summed E-state index contributed by atoms with van der Waals surface area (Å²) in [6.07, 6.45) is 1.10. The molecule has 0 aliphatic rings. The maximum atomic E-state index is 8.71. The lowest BCUT2D eigenvalue weighted by molar-refractivity contribution is 0.316. The van der Waals surface area contributed by atoms with Crippen molar-refractivity contribution >= 4 is 11.9 Å². The average molecular weight is 192 g/mol. The van der Waals surface area contributed by atoms with E-state index >= 15 is 0 Å². The van der Waals surface area contributed by atoms with Crippen molar-refractivity contribution in [1.29, 1.82) is 0 Å². The van der Waals surface area contributed by atoms with Crippen LogP contribution in [0, 0.1) is 13.8 Å². The highest BCUT2D eigenvalue weighted by Gasteiger charge is 2.06. The van der Waals surface area contributed by atoms with Crippen molar-refractivity contribution in [1.82, 2.24) is 0 Å². The Morgan fingerprint density at radius 1 is 1.29 bits per heavy atom. The Kier molecular flexibility index (Phi) is 3.23. The van der Waals surface area contributed by atoms with Crippen LogP contribution >= 0.6 is 0 Å².